The fourth-order valence-corrected chi connectivity index (χ4v) is 2.53. The van der Waals surface area contributed by atoms with E-state index in [-0.39, 0.29) is 11.8 Å². The van der Waals surface area contributed by atoms with Gasteiger partial charge in [0.2, 0.25) is 0 Å². The van der Waals surface area contributed by atoms with Crippen molar-refractivity contribution in [2.24, 2.45) is 0 Å². The molecular formula is C9H13BrN2O2. The monoisotopic (exact) mass is 260 g/mol. The molecule has 0 aliphatic carbocycles. The largest absolute Gasteiger partial charge is 0.441 e. The SMILES string of the molecule is O=c1onc2n1C(CCBr)CCCC2. The van der Waals surface area contributed by atoms with E-state index >= 15 is 0 Å². The minimum absolute atomic E-state index is 0.269. The summed E-state index contributed by atoms with van der Waals surface area (Å²) in [6, 6.07) is 0.269. The van der Waals surface area contributed by atoms with Gasteiger partial charge in [-0.3, -0.25) is 9.09 Å². The first-order valence-corrected chi connectivity index (χ1v) is 6.08. The quantitative estimate of drug-likeness (QED) is 0.764. The van der Waals surface area contributed by atoms with Crippen molar-refractivity contribution in [3.05, 3.63) is 16.4 Å². The smallest absolute Gasteiger partial charge is 0.296 e. The van der Waals surface area contributed by atoms with Crippen molar-refractivity contribution in [1.29, 1.82) is 0 Å². The van der Waals surface area contributed by atoms with Crippen molar-refractivity contribution < 1.29 is 4.52 Å². The molecule has 1 aromatic rings. The van der Waals surface area contributed by atoms with Crippen LogP contribution >= 0.6 is 15.9 Å². The van der Waals surface area contributed by atoms with Gasteiger partial charge in [-0.1, -0.05) is 27.5 Å². The minimum Gasteiger partial charge on any atom is -0.296 e. The molecule has 0 saturated carbocycles. The topological polar surface area (TPSA) is 48.0 Å². The maximum absolute atomic E-state index is 11.4. The highest BCUT2D eigenvalue weighted by Crippen LogP contribution is 2.24. The van der Waals surface area contributed by atoms with Gasteiger partial charge in [-0.25, -0.2) is 4.79 Å². The number of aromatic nitrogens is 2. The van der Waals surface area contributed by atoms with Gasteiger partial charge in [0.25, 0.3) is 0 Å². The number of hydrogen-bond acceptors (Lipinski definition) is 3. The zero-order valence-electron chi connectivity index (χ0n) is 7.91. The molecule has 1 atom stereocenters. The van der Waals surface area contributed by atoms with Gasteiger partial charge in [0.05, 0.1) is 0 Å². The van der Waals surface area contributed by atoms with E-state index < -0.39 is 0 Å². The first kappa shape index (κ1) is 9.96. The average Bonchev–Trinajstić information content (AvgIpc) is 2.43. The van der Waals surface area contributed by atoms with E-state index in [9.17, 15) is 4.79 Å². The Hall–Kier alpha value is -0.580. The van der Waals surface area contributed by atoms with Crippen LogP contribution in [0.15, 0.2) is 9.32 Å². The first-order chi connectivity index (χ1) is 6.83. The molecule has 14 heavy (non-hydrogen) atoms. The Morgan fingerprint density at radius 1 is 1.57 bits per heavy atom. The van der Waals surface area contributed by atoms with Crippen LogP contribution in [0.1, 0.15) is 37.5 Å². The number of fused-ring (bicyclic) bond motifs is 1. The third-order valence-corrected chi connectivity index (χ3v) is 3.16. The fourth-order valence-electron chi connectivity index (χ4n) is 2.00. The summed E-state index contributed by atoms with van der Waals surface area (Å²) in [4.78, 5) is 11.4. The molecule has 78 valence electrons. The van der Waals surface area contributed by atoms with E-state index in [1.807, 2.05) is 0 Å². The van der Waals surface area contributed by atoms with Crippen LogP contribution in [0, 0.1) is 0 Å². The highest BCUT2D eigenvalue weighted by atomic mass is 79.9. The lowest BCUT2D eigenvalue weighted by Crippen LogP contribution is -2.22. The molecule has 0 radical (unpaired) electrons. The van der Waals surface area contributed by atoms with E-state index in [1.54, 1.807) is 4.57 Å². The number of hydrogen-bond donors (Lipinski definition) is 0. The molecule has 1 aromatic heterocycles. The van der Waals surface area contributed by atoms with Gasteiger partial charge in [-0.15, -0.1) is 0 Å². The molecule has 0 bridgehead atoms. The van der Waals surface area contributed by atoms with Crippen molar-refractivity contribution >= 4 is 15.9 Å². The van der Waals surface area contributed by atoms with E-state index in [2.05, 4.69) is 21.1 Å². The molecule has 2 heterocycles. The summed E-state index contributed by atoms with van der Waals surface area (Å²) in [6.07, 6.45) is 5.16. The van der Waals surface area contributed by atoms with Gasteiger partial charge in [0.1, 0.15) is 0 Å². The second-order valence-electron chi connectivity index (χ2n) is 3.61. The third-order valence-electron chi connectivity index (χ3n) is 2.70. The molecule has 0 N–H and O–H groups in total. The highest BCUT2D eigenvalue weighted by molar-refractivity contribution is 9.09. The molecule has 1 aliphatic rings. The minimum atomic E-state index is -0.298. The lowest BCUT2D eigenvalue weighted by molar-refractivity contribution is 0.351. The Balaban J connectivity index is 2.35. The summed E-state index contributed by atoms with van der Waals surface area (Å²) in [5.74, 6) is 0.520. The number of alkyl halides is 1. The summed E-state index contributed by atoms with van der Waals surface area (Å²) in [7, 11) is 0. The molecule has 0 amide bonds. The van der Waals surface area contributed by atoms with Crippen molar-refractivity contribution in [3.8, 4) is 0 Å². The van der Waals surface area contributed by atoms with E-state index in [0.29, 0.717) is 0 Å². The van der Waals surface area contributed by atoms with Gasteiger partial charge < -0.3 is 0 Å². The van der Waals surface area contributed by atoms with Crippen molar-refractivity contribution in [1.82, 2.24) is 9.72 Å². The second kappa shape index (κ2) is 4.29. The number of nitrogens with zero attached hydrogens (tertiary/aromatic N) is 2. The van der Waals surface area contributed by atoms with Crippen molar-refractivity contribution in [2.45, 2.75) is 38.1 Å². The summed E-state index contributed by atoms with van der Waals surface area (Å²) in [5.41, 5.74) is 0. The normalized spacial score (nSPS) is 21.6. The predicted octanol–water partition coefficient (Wildman–Crippen LogP) is 1.89. The molecule has 2 rings (SSSR count). The summed E-state index contributed by atoms with van der Waals surface area (Å²) in [6.45, 7) is 0. The van der Waals surface area contributed by atoms with Crippen LogP contribution in [-0.4, -0.2) is 15.1 Å². The lowest BCUT2D eigenvalue weighted by Gasteiger charge is -2.13. The standard InChI is InChI=1S/C9H13BrN2O2/c10-6-5-7-3-1-2-4-8-11-14-9(13)12(7)8/h7H,1-6H2. The number of halogens is 1. The second-order valence-corrected chi connectivity index (χ2v) is 4.40. The summed E-state index contributed by atoms with van der Waals surface area (Å²) in [5, 5.41) is 4.72. The van der Waals surface area contributed by atoms with E-state index in [1.165, 1.54) is 6.42 Å². The zero-order valence-corrected chi connectivity index (χ0v) is 9.49. The van der Waals surface area contributed by atoms with Crippen LogP contribution in [0.3, 0.4) is 0 Å². The molecule has 1 unspecified atom stereocenters. The number of aryl methyl sites for hydroxylation is 1. The van der Waals surface area contributed by atoms with Crippen molar-refractivity contribution in [3.63, 3.8) is 0 Å². The van der Waals surface area contributed by atoms with Crippen LogP contribution < -0.4 is 5.76 Å². The van der Waals surface area contributed by atoms with Gasteiger partial charge in [-0.2, -0.15) is 0 Å². The maximum atomic E-state index is 11.4. The van der Waals surface area contributed by atoms with Gasteiger partial charge in [-0.05, 0) is 19.3 Å². The van der Waals surface area contributed by atoms with Crippen LogP contribution in [0.4, 0.5) is 0 Å². The molecular weight excluding hydrogens is 248 g/mol. The van der Waals surface area contributed by atoms with Crippen LogP contribution in [-0.2, 0) is 6.42 Å². The summed E-state index contributed by atoms with van der Waals surface area (Å²) >= 11 is 3.41. The molecule has 0 aromatic carbocycles. The van der Waals surface area contributed by atoms with Crippen LogP contribution in [0.2, 0.25) is 0 Å². The van der Waals surface area contributed by atoms with E-state index in [4.69, 9.17) is 4.52 Å². The molecule has 0 saturated heterocycles. The molecule has 0 fully saturated rings. The molecule has 0 spiro atoms. The summed E-state index contributed by atoms with van der Waals surface area (Å²) < 4.78 is 6.42. The Morgan fingerprint density at radius 3 is 3.21 bits per heavy atom. The molecule has 5 heteroatoms. The Morgan fingerprint density at radius 2 is 2.43 bits per heavy atom. The fraction of sp³-hybridized carbons (Fsp3) is 0.778. The predicted molar refractivity (Wildman–Crippen MR) is 55.8 cm³/mol. The number of rotatable bonds is 2. The van der Waals surface area contributed by atoms with Crippen molar-refractivity contribution in [2.75, 3.05) is 5.33 Å². The Labute approximate surface area is 90.4 Å². The van der Waals surface area contributed by atoms with Crippen LogP contribution in [0.25, 0.3) is 0 Å². The average molecular weight is 261 g/mol. The Bertz CT molecular complexity index is 358. The molecule has 4 nitrogen and oxygen atoms in total. The van der Waals surface area contributed by atoms with Gasteiger partial charge in [0, 0.05) is 17.8 Å². The van der Waals surface area contributed by atoms with Gasteiger partial charge in [0.15, 0.2) is 5.82 Å². The Kier molecular flexibility index (Phi) is 3.05. The zero-order chi connectivity index (χ0) is 9.97. The van der Waals surface area contributed by atoms with Crippen LogP contribution in [0.5, 0.6) is 0 Å². The first-order valence-electron chi connectivity index (χ1n) is 4.96. The maximum Gasteiger partial charge on any atom is 0.441 e. The highest BCUT2D eigenvalue weighted by Gasteiger charge is 2.22. The van der Waals surface area contributed by atoms with E-state index in [0.717, 1.165) is 36.8 Å². The molecule has 1 aliphatic heterocycles. The van der Waals surface area contributed by atoms with Gasteiger partial charge >= 0.3 is 5.76 Å². The lowest BCUT2D eigenvalue weighted by atomic mass is 10.1. The third kappa shape index (κ3) is 1.78.